The van der Waals surface area contributed by atoms with Crippen molar-refractivity contribution in [1.29, 1.82) is 0 Å². The maximum atomic E-state index is 13.9. The van der Waals surface area contributed by atoms with Gasteiger partial charge < -0.3 is 19.8 Å². The van der Waals surface area contributed by atoms with E-state index in [0.29, 0.717) is 12.4 Å². The molecule has 124 valence electrons. The van der Waals surface area contributed by atoms with E-state index in [9.17, 15) is 9.18 Å². The Morgan fingerprint density at radius 3 is 2.83 bits per heavy atom. The first-order chi connectivity index (χ1) is 11.7. The van der Waals surface area contributed by atoms with E-state index in [1.54, 1.807) is 18.5 Å². The lowest BCUT2D eigenvalue weighted by atomic mass is 10.2. The highest BCUT2D eigenvalue weighted by Gasteiger charge is 2.10. The number of anilines is 1. The quantitative estimate of drug-likeness (QED) is 0.756. The van der Waals surface area contributed by atoms with Crippen LogP contribution in [-0.2, 0) is 13.1 Å². The summed E-state index contributed by atoms with van der Waals surface area (Å²) in [6, 6.07) is 7.76. The van der Waals surface area contributed by atoms with Crippen LogP contribution < -0.4 is 10.6 Å². The molecule has 7 nitrogen and oxygen atoms in total. The summed E-state index contributed by atoms with van der Waals surface area (Å²) in [6.07, 6.45) is 5.28. The number of rotatable bonds is 5. The van der Waals surface area contributed by atoms with Gasteiger partial charge in [0.25, 0.3) is 0 Å². The van der Waals surface area contributed by atoms with Crippen molar-refractivity contribution < 1.29 is 9.18 Å². The summed E-state index contributed by atoms with van der Waals surface area (Å²) >= 11 is 0. The molecule has 0 bridgehead atoms. The lowest BCUT2D eigenvalue weighted by molar-refractivity contribution is 0.251. The van der Waals surface area contributed by atoms with Crippen molar-refractivity contribution in [2.75, 3.05) is 5.32 Å². The number of carbonyl (C=O) groups is 1. The lowest BCUT2D eigenvalue weighted by Gasteiger charge is -2.11. The van der Waals surface area contributed by atoms with Crippen molar-refractivity contribution in [1.82, 2.24) is 24.6 Å². The van der Waals surface area contributed by atoms with Crippen LogP contribution in [0.3, 0.4) is 0 Å². The first-order valence-electron chi connectivity index (χ1n) is 7.52. The number of amides is 2. The maximum absolute atomic E-state index is 13.9. The van der Waals surface area contributed by atoms with E-state index >= 15 is 0 Å². The van der Waals surface area contributed by atoms with Crippen LogP contribution in [0.15, 0.2) is 49.1 Å². The Balaban J connectivity index is 1.67. The average molecular weight is 328 g/mol. The lowest BCUT2D eigenvalue weighted by Crippen LogP contribution is -2.29. The molecule has 24 heavy (non-hydrogen) atoms. The molecule has 3 rings (SSSR count). The molecule has 0 aliphatic carbocycles. The first-order valence-corrected chi connectivity index (χ1v) is 7.52. The van der Waals surface area contributed by atoms with Crippen LogP contribution in [0.4, 0.5) is 14.9 Å². The molecule has 2 amide bonds. The van der Waals surface area contributed by atoms with Crippen LogP contribution >= 0.6 is 0 Å². The zero-order valence-corrected chi connectivity index (χ0v) is 13.1. The van der Waals surface area contributed by atoms with Gasteiger partial charge in [-0.25, -0.2) is 9.18 Å². The molecule has 2 aromatic heterocycles. The van der Waals surface area contributed by atoms with Gasteiger partial charge in [-0.1, -0.05) is 0 Å². The van der Waals surface area contributed by atoms with Gasteiger partial charge in [0, 0.05) is 24.6 Å². The summed E-state index contributed by atoms with van der Waals surface area (Å²) in [5, 5.41) is 12.9. The fourth-order valence-corrected chi connectivity index (χ4v) is 2.28. The Morgan fingerprint density at radius 2 is 2.08 bits per heavy atom. The van der Waals surface area contributed by atoms with Gasteiger partial charge in [-0.2, -0.15) is 0 Å². The third-order valence-electron chi connectivity index (χ3n) is 3.54. The molecule has 1 aromatic carbocycles. The number of hydrogen-bond acceptors (Lipinski definition) is 3. The summed E-state index contributed by atoms with van der Waals surface area (Å²) in [5.41, 5.74) is 0.859. The number of nitrogens with zero attached hydrogens (tertiary/aromatic N) is 4. The maximum Gasteiger partial charge on any atom is 0.319 e. The molecule has 0 radical (unpaired) electrons. The van der Waals surface area contributed by atoms with Crippen molar-refractivity contribution in [3.63, 3.8) is 0 Å². The Labute approximate surface area is 138 Å². The Kier molecular flexibility index (Phi) is 4.55. The zero-order valence-electron chi connectivity index (χ0n) is 13.1. The van der Waals surface area contributed by atoms with Gasteiger partial charge in [-0.05, 0) is 37.3 Å². The van der Waals surface area contributed by atoms with E-state index in [1.807, 2.05) is 40.6 Å². The molecule has 0 saturated carbocycles. The minimum absolute atomic E-state index is 0.107. The summed E-state index contributed by atoms with van der Waals surface area (Å²) in [7, 11) is 0. The number of nitrogens with one attached hydrogen (secondary N) is 2. The fraction of sp³-hybridized carbons (Fsp3) is 0.188. The monoisotopic (exact) mass is 328 g/mol. The number of hydrogen-bond donors (Lipinski definition) is 2. The van der Waals surface area contributed by atoms with Gasteiger partial charge in [-0.3, -0.25) is 0 Å². The second-order valence-electron chi connectivity index (χ2n) is 5.10. The van der Waals surface area contributed by atoms with Crippen molar-refractivity contribution in [3.05, 3.63) is 60.7 Å². The molecule has 0 aliphatic heterocycles. The van der Waals surface area contributed by atoms with E-state index in [4.69, 9.17) is 0 Å². The average Bonchev–Trinajstić information content (AvgIpc) is 3.26. The Morgan fingerprint density at radius 1 is 1.29 bits per heavy atom. The topological polar surface area (TPSA) is 76.8 Å². The minimum Gasteiger partial charge on any atom is -0.331 e. The highest BCUT2D eigenvalue weighted by atomic mass is 19.1. The number of aromatic nitrogens is 4. The van der Waals surface area contributed by atoms with Gasteiger partial charge in [0.15, 0.2) is 5.82 Å². The summed E-state index contributed by atoms with van der Waals surface area (Å²) < 4.78 is 17.6. The Hall–Kier alpha value is -3.16. The largest absolute Gasteiger partial charge is 0.331 e. The second kappa shape index (κ2) is 6.95. The van der Waals surface area contributed by atoms with Gasteiger partial charge in [-0.15, -0.1) is 10.2 Å². The predicted octanol–water partition coefficient (Wildman–Crippen LogP) is 2.55. The molecule has 0 saturated heterocycles. The smallest absolute Gasteiger partial charge is 0.319 e. The molecule has 0 aliphatic rings. The number of urea groups is 1. The van der Waals surface area contributed by atoms with E-state index in [0.717, 1.165) is 5.69 Å². The van der Waals surface area contributed by atoms with Crippen LogP contribution in [-0.4, -0.2) is 25.4 Å². The fourth-order valence-electron chi connectivity index (χ4n) is 2.28. The summed E-state index contributed by atoms with van der Waals surface area (Å²) in [5.74, 6) is 0.131. The van der Waals surface area contributed by atoms with Crippen molar-refractivity contribution in [2.24, 2.45) is 0 Å². The predicted molar refractivity (Wildman–Crippen MR) is 87.3 cm³/mol. The molecule has 8 heteroatoms. The molecule has 3 aromatic rings. The second-order valence-corrected chi connectivity index (χ2v) is 5.10. The molecule has 0 spiro atoms. The van der Waals surface area contributed by atoms with Crippen LogP contribution in [0, 0.1) is 5.82 Å². The van der Waals surface area contributed by atoms with Crippen molar-refractivity contribution in [3.8, 4) is 5.69 Å². The standard InChI is InChI=1S/C16H17FN6O/c1-2-22-11-19-21-15(22)10-18-16(24)20-14-9-12(5-6-13(14)17)23-7-3-4-8-23/h3-9,11H,2,10H2,1H3,(H2,18,20,24). The molecule has 0 unspecified atom stereocenters. The van der Waals surface area contributed by atoms with E-state index in [-0.39, 0.29) is 12.2 Å². The first kappa shape index (κ1) is 15.7. The van der Waals surface area contributed by atoms with Crippen LogP contribution in [0.25, 0.3) is 5.69 Å². The van der Waals surface area contributed by atoms with Crippen molar-refractivity contribution in [2.45, 2.75) is 20.0 Å². The third-order valence-corrected chi connectivity index (χ3v) is 3.54. The molecular formula is C16H17FN6O. The van der Waals surface area contributed by atoms with E-state index < -0.39 is 11.8 Å². The van der Waals surface area contributed by atoms with Gasteiger partial charge in [0.05, 0.1) is 12.2 Å². The Bertz CT molecular complexity index is 827. The minimum atomic E-state index is -0.510. The van der Waals surface area contributed by atoms with E-state index in [2.05, 4.69) is 20.8 Å². The van der Waals surface area contributed by atoms with E-state index in [1.165, 1.54) is 6.07 Å². The highest BCUT2D eigenvalue weighted by Crippen LogP contribution is 2.19. The van der Waals surface area contributed by atoms with Gasteiger partial charge in [0.1, 0.15) is 12.1 Å². The van der Waals surface area contributed by atoms with Crippen LogP contribution in [0.1, 0.15) is 12.7 Å². The zero-order chi connectivity index (χ0) is 16.9. The molecule has 0 fully saturated rings. The van der Waals surface area contributed by atoms with Gasteiger partial charge in [0.2, 0.25) is 0 Å². The molecule has 0 atom stereocenters. The van der Waals surface area contributed by atoms with Gasteiger partial charge >= 0.3 is 6.03 Å². The molecule has 2 heterocycles. The third kappa shape index (κ3) is 3.43. The molecule has 2 N–H and O–H groups in total. The van der Waals surface area contributed by atoms with Crippen LogP contribution in [0.5, 0.6) is 0 Å². The number of aryl methyl sites for hydroxylation is 1. The SMILES string of the molecule is CCn1cnnc1CNC(=O)Nc1cc(-n2cccc2)ccc1F. The highest BCUT2D eigenvalue weighted by molar-refractivity contribution is 5.89. The number of benzene rings is 1. The molecular weight excluding hydrogens is 311 g/mol. The number of carbonyl (C=O) groups excluding carboxylic acids is 1. The normalized spacial score (nSPS) is 10.6. The van der Waals surface area contributed by atoms with Crippen LogP contribution in [0.2, 0.25) is 0 Å². The summed E-state index contributed by atoms with van der Waals surface area (Å²) in [4.78, 5) is 12.0. The number of halogens is 1. The van der Waals surface area contributed by atoms with Crippen molar-refractivity contribution >= 4 is 11.7 Å². The summed E-state index contributed by atoms with van der Waals surface area (Å²) in [6.45, 7) is 2.87.